The highest BCUT2D eigenvalue weighted by molar-refractivity contribution is 5.80. The highest BCUT2D eigenvalue weighted by atomic mass is 16.5. The molecule has 0 aliphatic heterocycles. The van der Waals surface area contributed by atoms with Crippen molar-refractivity contribution in [2.24, 2.45) is 0 Å². The van der Waals surface area contributed by atoms with Crippen LogP contribution in [0.4, 0.5) is 5.69 Å². The first kappa shape index (κ1) is 13.3. The summed E-state index contributed by atoms with van der Waals surface area (Å²) in [6.07, 6.45) is 0. The van der Waals surface area contributed by atoms with Gasteiger partial charge in [0.2, 0.25) is 0 Å². The number of rotatable bonds is 3. The van der Waals surface area contributed by atoms with Crippen molar-refractivity contribution >= 4 is 5.69 Å². The summed E-state index contributed by atoms with van der Waals surface area (Å²) in [6.45, 7) is 2.07. The minimum absolute atomic E-state index is 0.659. The van der Waals surface area contributed by atoms with E-state index < -0.39 is 0 Å². The smallest absolute Gasteiger partial charge is 0.150 e. The summed E-state index contributed by atoms with van der Waals surface area (Å²) < 4.78 is 5.88. The number of ether oxygens (including phenoxy) is 1. The molecule has 0 aromatic heterocycles. The Kier molecular flexibility index (Phi) is 3.61. The number of hydrogen-bond acceptors (Lipinski definition) is 2. The Balaban J connectivity index is 1.99. The normalized spacial score (nSPS) is 10.3. The highest BCUT2D eigenvalue weighted by Crippen LogP contribution is 2.35. The molecule has 0 spiro atoms. The van der Waals surface area contributed by atoms with E-state index in [2.05, 4.69) is 25.1 Å². The van der Waals surface area contributed by atoms with Gasteiger partial charge in [0.1, 0.15) is 5.75 Å². The van der Waals surface area contributed by atoms with E-state index in [9.17, 15) is 0 Å². The molecule has 21 heavy (non-hydrogen) atoms. The molecule has 0 aliphatic rings. The van der Waals surface area contributed by atoms with Gasteiger partial charge in [-0.15, -0.1) is 0 Å². The first-order chi connectivity index (χ1) is 10.2. The van der Waals surface area contributed by atoms with Crippen LogP contribution < -0.4 is 10.5 Å². The monoisotopic (exact) mass is 275 g/mol. The number of anilines is 1. The molecule has 2 nitrogen and oxygen atoms in total. The third-order valence-electron chi connectivity index (χ3n) is 3.37. The van der Waals surface area contributed by atoms with E-state index in [-0.39, 0.29) is 0 Å². The molecule has 0 unspecified atom stereocenters. The molecule has 0 radical (unpaired) electrons. The maximum absolute atomic E-state index is 6.29. The largest absolute Gasteiger partial charge is 0.455 e. The summed E-state index contributed by atoms with van der Waals surface area (Å²) in [6, 6.07) is 23.8. The van der Waals surface area contributed by atoms with Gasteiger partial charge in [0.15, 0.2) is 5.75 Å². The van der Waals surface area contributed by atoms with Crippen LogP contribution in [0.2, 0.25) is 0 Å². The lowest BCUT2D eigenvalue weighted by Gasteiger charge is -2.12. The predicted molar refractivity (Wildman–Crippen MR) is 87.5 cm³/mol. The summed E-state index contributed by atoms with van der Waals surface area (Å²) in [5.41, 5.74) is 10.3. The van der Waals surface area contributed by atoms with Crippen LogP contribution in [0.3, 0.4) is 0 Å². The van der Waals surface area contributed by atoms with Crippen molar-refractivity contribution in [2.45, 2.75) is 6.92 Å². The topological polar surface area (TPSA) is 35.2 Å². The van der Waals surface area contributed by atoms with Gasteiger partial charge in [0, 0.05) is 5.56 Å². The summed E-state index contributed by atoms with van der Waals surface area (Å²) >= 11 is 0. The van der Waals surface area contributed by atoms with E-state index in [4.69, 9.17) is 10.5 Å². The Labute approximate surface area is 124 Å². The molecule has 2 N–H and O–H groups in total. The van der Waals surface area contributed by atoms with Gasteiger partial charge in [-0.05, 0) is 30.7 Å². The highest BCUT2D eigenvalue weighted by Gasteiger charge is 2.09. The molecule has 2 heteroatoms. The van der Waals surface area contributed by atoms with Crippen LogP contribution in [0.25, 0.3) is 11.1 Å². The molecule has 0 atom stereocenters. The number of aryl methyl sites for hydroxylation is 1. The minimum Gasteiger partial charge on any atom is -0.455 e. The van der Waals surface area contributed by atoms with Gasteiger partial charge < -0.3 is 10.5 Å². The van der Waals surface area contributed by atoms with Gasteiger partial charge in [0.25, 0.3) is 0 Å². The van der Waals surface area contributed by atoms with Crippen LogP contribution in [0.5, 0.6) is 11.5 Å². The second-order valence-electron chi connectivity index (χ2n) is 5.00. The van der Waals surface area contributed by atoms with E-state index >= 15 is 0 Å². The first-order valence-corrected chi connectivity index (χ1v) is 6.92. The van der Waals surface area contributed by atoms with Crippen LogP contribution in [0.15, 0.2) is 72.8 Å². The van der Waals surface area contributed by atoms with Crippen LogP contribution in [-0.2, 0) is 0 Å². The number of nitrogen functional groups attached to an aromatic ring is 1. The van der Waals surface area contributed by atoms with Crippen molar-refractivity contribution in [1.29, 1.82) is 0 Å². The third-order valence-corrected chi connectivity index (χ3v) is 3.37. The maximum Gasteiger partial charge on any atom is 0.150 e. The van der Waals surface area contributed by atoms with Crippen LogP contribution in [0, 0.1) is 6.92 Å². The fourth-order valence-electron chi connectivity index (χ4n) is 2.31. The molecule has 0 heterocycles. The Hall–Kier alpha value is -2.74. The zero-order chi connectivity index (χ0) is 14.7. The van der Waals surface area contributed by atoms with E-state index in [1.54, 1.807) is 0 Å². The zero-order valence-electron chi connectivity index (χ0n) is 11.9. The Bertz CT molecular complexity index is 751. The van der Waals surface area contributed by atoms with Crippen molar-refractivity contribution in [2.75, 3.05) is 5.73 Å². The van der Waals surface area contributed by atoms with E-state index in [1.807, 2.05) is 54.6 Å². The lowest BCUT2D eigenvalue weighted by Crippen LogP contribution is -1.95. The van der Waals surface area contributed by atoms with Gasteiger partial charge in [-0.3, -0.25) is 0 Å². The second kappa shape index (κ2) is 5.71. The average Bonchev–Trinajstić information content (AvgIpc) is 2.50. The molecule has 0 saturated heterocycles. The number of benzene rings is 3. The Morgan fingerprint density at radius 2 is 1.57 bits per heavy atom. The zero-order valence-corrected chi connectivity index (χ0v) is 11.9. The predicted octanol–water partition coefficient (Wildman–Crippen LogP) is 5.04. The second-order valence-corrected chi connectivity index (χ2v) is 5.00. The molecule has 0 bridgehead atoms. The number of para-hydroxylation sites is 2. The molecule has 0 saturated carbocycles. The quantitative estimate of drug-likeness (QED) is 0.680. The SMILES string of the molecule is Cc1cccc(-c2cccc(Oc3ccccc3)c2N)c1. The van der Waals surface area contributed by atoms with Crippen molar-refractivity contribution in [3.05, 3.63) is 78.4 Å². The van der Waals surface area contributed by atoms with Crippen LogP contribution >= 0.6 is 0 Å². The molecular formula is C19H17NO. The lowest BCUT2D eigenvalue weighted by atomic mass is 10.0. The van der Waals surface area contributed by atoms with Crippen LogP contribution in [0.1, 0.15) is 5.56 Å². The van der Waals surface area contributed by atoms with Gasteiger partial charge >= 0.3 is 0 Å². The molecule has 3 aromatic carbocycles. The number of hydrogen-bond donors (Lipinski definition) is 1. The van der Waals surface area contributed by atoms with Crippen molar-refractivity contribution < 1.29 is 4.74 Å². The van der Waals surface area contributed by atoms with Gasteiger partial charge in [-0.2, -0.15) is 0 Å². The summed E-state index contributed by atoms with van der Waals surface area (Å²) in [5, 5.41) is 0. The molecule has 0 aliphatic carbocycles. The fraction of sp³-hybridized carbons (Fsp3) is 0.0526. The maximum atomic E-state index is 6.29. The van der Waals surface area contributed by atoms with Crippen molar-refractivity contribution in [1.82, 2.24) is 0 Å². The minimum atomic E-state index is 0.659. The number of nitrogens with two attached hydrogens (primary N) is 1. The Morgan fingerprint density at radius 3 is 2.33 bits per heavy atom. The van der Waals surface area contributed by atoms with Crippen molar-refractivity contribution in [3.8, 4) is 22.6 Å². The average molecular weight is 275 g/mol. The molecule has 3 aromatic rings. The molecular weight excluding hydrogens is 258 g/mol. The molecule has 3 rings (SSSR count). The lowest BCUT2D eigenvalue weighted by molar-refractivity contribution is 0.485. The van der Waals surface area contributed by atoms with E-state index in [0.29, 0.717) is 11.4 Å². The van der Waals surface area contributed by atoms with Crippen LogP contribution in [-0.4, -0.2) is 0 Å². The third kappa shape index (κ3) is 2.90. The fourth-order valence-corrected chi connectivity index (χ4v) is 2.31. The summed E-state index contributed by atoms with van der Waals surface area (Å²) in [4.78, 5) is 0. The van der Waals surface area contributed by atoms with Gasteiger partial charge in [-0.1, -0.05) is 60.2 Å². The van der Waals surface area contributed by atoms with Gasteiger partial charge in [0.05, 0.1) is 5.69 Å². The summed E-state index contributed by atoms with van der Waals surface area (Å²) in [7, 11) is 0. The first-order valence-electron chi connectivity index (χ1n) is 6.92. The standard InChI is InChI=1S/C19H17NO/c1-14-7-5-8-15(13-14)17-11-6-12-18(19(17)20)21-16-9-3-2-4-10-16/h2-13H,20H2,1H3. The van der Waals surface area contributed by atoms with E-state index in [1.165, 1.54) is 5.56 Å². The molecule has 0 amide bonds. The van der Waals surface area contributed by atoms with Crippen molar-refractivity contribution in [3.63, 3.8) is 0 Å². The van der Waals surface area contributed by atoms with E-state index in [0.717, 1.165) is 16.9 Å². The molecule has 0 fully saturated rings. The summed E-state index contributed by atoms with van der Waals surface area (Å²) in [5.74, 6) is 1.46. The van der Waals surface area contributed by atoms with Gasteiger partial charge in [-0.25, -0.2) is 0 Å². The Morgan fingerprint density at radius 1 is 0.810 bits per heavy atom. The molecule has 104 valence electrons.